The van der Waals surface area contributed by atoms with E-state index in [-0.39, 0.29) is 0 Å². The molecule has 0 unspecified atom stereocenters. The van der Waals surface area contributed by atoms with Crippen molar-refractivity contribution in [1.29, 1.82) is 0 Å². The average Bonchev–Trinajstić information content (AvgIpc) is 2.14. The summed E-state index contributed by atoms with van der Waals surface area (Å²) in [5.74, 6) is 0. The Morgan fingerprint density at radius 3 is 2.75 bits per heavy atom. The summed E-state index contributed by atoms with van der Waals surface area (Å²) in [7, 11) is 1.65. The molecule has 0 spiro atoms. The molecule has 0 aromatic carbocycles. The van der Waals surface area contributed by atoms with Crippen LogP contribution in [-0.2, 0) is 0 Å². The quantitative estimate of drug-likeness (QED) is 0.572. The molecule has 3 heteroatoms. The lowest BCUT2D eigenvalue weighted by Gasteiger charge is -1.90. The van der Waals surface area contributed by atoms with E-state index >= 15 is 0 Å². The number of nitrogens with zero attached hydrogens (tertiary/aromatic N) is 1. The molecule has 0 N–H and O–H groups in total. The Labute approximate surface area is 52.3 Å². The SMILES string of the molecule is COc1sncc1C. The van der Waals surface area contributed by atoms with Crippen LogP contribution in [0.3, 0.4) is 0 Å². The predicted molar refractivity (Wildman–Crippen MR) is 33.4 cm³/mol. The maximum absolute atomic E-state index is 4.94. The molecule has 8 heavy (non-hydrogen) atoms. The van der Waals surface area contributed by atoms with E-state index in [2.05, 4.69) is 4.37 Å². The first-order valence-corrected chi connectivity index (χ1v) is 3.07. The van der Waals surface area contributed by atoms with Crippen molar-refractivity contribution in [2.24, 2.45) is 0 Å². The highest BCUT2D eigenvalue weighted by Gasteiger charge is 1.96. The number of hydrogen-bond donors (Lipinski definition) is 0. The van der Waals surface area contributed by atoms with Gasteiger partial charge in [0.2, 0.25) is 0 Å². The Bertz CT molecular complexity index is 173. The van der Waals surface area contributed by atoms with E-state index in [0.717, 1.165) is 10.6 Å². The monoisotopic (exact) mass is 129 g/mol. The number of aryl methyl sites for hydroxylation is 1. The van der Waals surface area contributed by atoms with Crippen LogP contribution in [0, 0.1) is 6.92 Å². The number of aromatic nitrogens is 1. The topological polar surface area (TPSA) is 22.1 Å². The maximum Gasteiger partial charge on any atom is 0.195 e. The van der Waals surface area contributed by atoms with Gasteiger partial charge in [0.25, 0.3) is 0 Å². The van der Waals surface area contributed by atoms with Crippen LogP contribution >= 0.6 is 11.5 Å². The molecule has 1 heterocycles. The molecule has 1 aromatic rings. The summed E-state index contributed by atoms with van der Waals surface area (Å²) in [6, 6.07) is 0. The summed E-state index contributed by atoms with van der Waals surface area (Å²) in [5.41, 5.74) is 1.11. The van der Waals surface area contributed by atoms with Gasteiger partial charge < -0.3 is 4.74 Å². The van der Waals surface area contributed by atoms with Crippen LogP contribution in [0.25, 0.3) is 0 Å². The van der Waals surface area contributed by atoms with E-state index in [4.69, 9.17) is 4.74 Å². The molecule has 0 amide bonds. The van der Waals surface area contributed by atoms with Gasteiger partial charge >= 0.3 is 0 Å². The maximum atomic E-state index is 4.94. The molecule has 0 radical (unpaired) electrons. The Balaban J connectivity index is 2.92. The molecule has 0 aliphatic heterocycles. The summed E-state index contributed by atoms with van der Waals surface area (Å²) >= 11 is 1.38. The fraction of sp³-hybridized carbons (Fsp3) is 0.400. The normalized spacial score (nSPS) is 9.25. The van der Waals surface area contributed by atoms with Crippen molar-refractivity contribution in [3.63, 3.8) is 0 Å². The molecular weight excluding hydrogens is 122 g/mol. The van der Waals surface area contributed by atoms with Gasteiger partial charge in [0, 0.05) is 23.3 Å². The number of hydrogen-bond acceptors (Lipinski definition) is 3. The van der Waals surface area contributed by atoms with Gasteiger partial charge in [-0.2, -0.15) is 4.37 Å². The third-order valence-corrected chi connectivity index (χ3v) is 1.75. The second kappa shape index (κ2) is 2.13. The summed E-state index contributed by atoms with van der Waals surface area (Å²) in [4.78, 5) is 0. The molecule has 0 aliphatic rings. The van der Waals surface area contributed by atoms with E-state index < -0.39 is 0 Å². The molecule has 0 bridgehead atoms. The van der Waals surface area contributed by atoms with Crippen LogP contribution in [0.5, 0.6) is 5.06 Å². The Kier molecular flexibility index (Phi) is 1.48. The van der Waals surface area contributed by atoms with Crippen LogP contribution in [0.1, 0.15) is 5.56 Å². The van der Waals surface area contributed by atoms with Gasteiger partial charge in [-0.15, -0.1) is 0 Å². The Morgan fingerprint density at radius 1 is 1.75 bits per heavy atom. The fourth-order valence-electron chi connectivity index (χ4n) is 0.476. The minimum atomic E-state index is 0.907. The molecular formula is C5H7NOS. The van der Waals surface area contributed by atoms with Crippen molar-refractivity contribution in [2.45, 2.75) is 6.92 Å². The smallest absolute Gasteiger partial charge is 0.195 e. The van der Waals surface area contributed by atoms with Crippen LogP contribution in [0.15, 0.2) is 6.20 Å². The zero-order valence-corrected chi connectivity index (χ0v) is 5.66. The highest BCUT2D eigenvalue weighted by atomic mass is 32.1. The van der Waals surface area contributed by atoms with Crippen molar-refractivity contribution in [3.05, 3.63) is 11.8 Å². The Hall–Kier alpha value is -0.570. The summed E-state index contributed by atoms with van der Waals surface area (Å²) in [6.07, 6.45) is 1.80. The van der Waals surface area contributed by atoms with Crippen molar-refractivity contribution in [3.8, 4) is 5.06 Å². The van der Waals surface area contributed by atoms with Crippen molar-refractivity contribution in [1.82, 2.24) is 4.37 Å². The van der Waals surface area contributed by atoms with Crippen LogP contribution in [-0.4, -0.2) is 11.5 Å². The van der Waals surface area contributed by atoms with E-state index in [1.807, 2.05) is 6.92 Å². The highest BCUT2D eigenvalue weighted by molar-refractivity contribution is 7.07. The minimum Gasteiger partial charge on any atom is -0.486 e. The van der Waals surface area contributed by atoms with Crippen molar-refractivity contribution < 1.29 is 4.74 Å². The van der Waals surface area contributed by atoms with Crippen LogP contribution < -0.4 is 4.74 Å². The van der Waals surface area contributed by atoms with Crippen LogP contribution in [0.4, 0.5) is 0 Å². The van der Waals surface area contributed by atoms with Gasteiger partial charge in [-0.25, -0.2) is 0 Å². The van der Waals surface area contributed by atoms with E-state index in [9.17, 15) is 0 Å². The van der Waals surface area contributed by atoms with Gasteiger partial charge in [-0.3, -0.25) is 0 Å². The van der Waals surface area contributed by atoms with Crippen molar-refractivity contribution >= 4 is 11.5 Å². The van der Waals surface area contributed by atoms with Gasteiger partial charge in [-0.05, 0) is 6.92 Å². The standard InChI is InChI=1S/C5H7NOS/c1-4-3-6-8-5(4)7-2/h3H,1-2H3. The van der Waals surface area contributed by atoms with Gasteiger partial charge in [0.1, 0.15) is 0 Å². The first-order valence-electron chi connectivity index (χ1n) is 2.30. The average molecular weight is 129 g/mol. The lowest BCUT2D eigenvalue weighted by Crippen LogP contribution is -1.77. The lowest BCUT2D eigenvalue weighted by atomic mass is 10.4. The molecule has 1 aromatic heterocycles. The first-order chi connectivity index (χ1) is 3.84. The Morgan fingerprint density at radius 2 is 2.50 bits per heavy atom. The summed E-state index contributed by atoms with van der Waals surface area (Å²) in [6.45, 7) is 1.97. The number of rotatable bonds is 1. The van der Waals surface area contributed by atoms with E-state index in [1.165, 1.54) is 11.5 Å². The highest BCUT2D eigenvalue weighted by Crippen LogP contribution is 2.20. The number of methoxy groups -OCH3 is 1. The van der Waals surface area contributed by atoms with Gasteiger partial charge in [0.15, 0.2) is 5.06 Å². The van der Waals surface area contributed by atoms with E-state index in [1.54, 1.807) is 13.3 Å². The molecule has 0 fully saturated rings. The van der Waals surface area contributed by atoms with E-state index in [0.29, 0.717) is 0 Å². The largest absolute Gasteiger partial charge is 0.486 e. The second-order valence-corrected chi connectivity index (χ2v) is 2.26. The second-order valence-electron chi connectivity index (χ2n) is 1.50. The van der Waals surface area contributed by atoms with Crippen molar-refractivity contribution in [2.75, 3.05) is 7.11 Å². The molecule has 0 atom stereocenters. The predicted octanol–water partition coefficient (Wildman–Crippen LogP) is 1.46. The molecule has 44 valence electrons. The molecule has 0 aliphatic carbocycles. The molecule has 2 nitrogen and oxygen atoms in total. The van der Waals surface area contributed by atoms with Gasteiger partial charge in [0.05, 0.1) is 7.11 Å². The third kappa shape index (κ3) is 0.816. The molecule has 0 saturated heterocycles. The zero-order chi connectivity index (χ0) is 5.98. The summed E-state index contributed by atoms with van der Waals surface area (Å²) in [5, 5.41) is 0.907. The fourth-order valence-corrected chi connectivity index (χ4v) is 1.05. The number of ether oxygens (including phenoxy) is 1. The van der Waals surface area contributed by atoms with Gasteiger partial charge in [-0.1, -0.05) is 0 Å². The van der Waals surface area contributed by atoms with Crippen LogP contribution in [0.2, 0.25) is 0 Å². The zero-order valence-electron chi connectivity index (χ0n) is 4.84. The third-order valence-electron chi connectivity index (χ3n) is 0.889. The molecule has 1 rings (SSSR count). The summed E-state index contributed by atoms with van der Waals surface area (Å²) < 4.78 is 8.85. The minimum absolute atomic E-state index is 0.907. The lowest BCUT2D eigenvalue weighted by molar-refractivity contribution is 0.424. The first kappa shape index (κ1) is 5.56. The molecule has 0 saturated carbocycles.